The van der Waals surface area contributed by atoms with Crippen molar-refractivity contribution in [2.75, 3.05) is 37.7 Å². The first-order valence-electron chi connectivity index (χ1n) is 21.0. The number of amides is 1. The standard InChI is InChI=1S/C44H69N3O5S/c1-29(2)32-13-20-43(45-23-24-47-25-27-53(51,52)28-26-47)22-21-41(7)34(37(32)43)9-10-36-40(6)16-14-33(39(4,5)35(40)15-17-42(36,41)8)31-11-18-44(19-12-31,38(49)50)46-30(3)48/h11,14,32,34-37,45H,1,9-10,12-13,15-28H2,2-8H3,(H,46,48)(H,49,50). The molecular formula is C44H69N3O5S. The first kappa shape index (κ1) is 39.3. The summed E-state index contributed by atoms with van der Waals surface area (Å²) < 4.78 is 24.1. The second-order valence-corrected chi connectivity index (χ2v) is 22.6. The molecule has 1 heterocycles. The van der Waals surface area contributed by atoms with Crippen molar-refractivity contribution in [3.63, 3.8) is 0 Å². The van der Waals surface area contributed by atoms with E-state index in [4.69, 9.17) is 0 Å². The molecule has 0 radical (unpaired) electrons. The van der Waals surface area contributed by atoms with Gasteiger partial charge in [-0.25, -0.2) is 13.2 Å². The number of carbonyl (C=O) groups excluding carboxylic acids is 1. The Hall–Kier alpha value is -1.97. The number of hydrogen-bond donors (Lipinski definition) is 3. The second-order valence-electron chi connectivity index (χ2n) is 20.3. The molecule has 6 aliphatic carbocycles. The molecule has 1 saturated heterocycles. The molecule has 8 nitrogen and oxygen atoms in total. The van der Waals surface area contributed by atoms with Crippen molar-refractivity contribution in [2.24, 2.45) is 51.2 Å². The molecule has 0 bridgehead atoms. The maximum absolute atomic E-state index is 12.3. The number of fused-ring (bicyclic) bond motifs is 7. The number of hydrogen-bond acceptors (Lipinski definition) is 6. The van der Waals surface area contributed by atoms with E-state index in [-0.39, 0.29) is 44.6 Å². The van der Waals surface area contributed by atoms with Crippen LogP contribution in [0, 0.1) is 51.2 Å². The van der Waals surface area contributed by atoms with Gasteiger partial charge in [-0.3, -0.25) is 4.79 Å². The smallest absolute Gasteiger partial charge is 0.329 e. The summed E-state index contributed by atoms with van der Waals surface area (Å²) in [4.78, 5) is 26.6. The number of aliphatic carboxylic acids is 1. The van der Waals surface area contributed by atoms with Crippen molar-refractivity contribution >= 4 is 21.7 Å². The van der Waals surface area contributed by atoms with Crippen molar-refractivity contribution in [3.8, 4) is 0 Å². The van der Waals surface area contributed by atoms with Crippen LogP contribution in [0.1, 0.15) is 126 Å². The maximum Gasteiger partial charge on any atom is 0.329 e. The van der Waals surface area contributed by atoms with Crippen LogP contribution in [0.25, 0.3) is 0 Å². The summed E-state index contributed by atoms with van der Waals surface area (Å²) in [6, 6.07) is 0. The predicted octanol–water partition coefficient (Wildman–Crippen LogP) is 7.32. The molecule has 0 spiro atoms. The predicted molar refractivity (Wildman–Crippen MR) is 212 cm³/mol. The van der Waals surface area contributed by atoms with Crippen LogP contribution in [-0.4, -0.2) is 79.1 Å². The van der Waals surface area contributed by atoms with Crippen molar-refractivity contribution in [1.29, 1.82) is 0 Å². The van der Waals surface area contributed by atoms with E-state index < -0.39 is 21.3 Å². The van der Waals surface area contributed by atoms with E-state index in [1.807, 2.05) is 0 Å². The summed E-state index contributed by atoms with van der Waals surface area (Å²) in [6.07, 6.45) is 17.1. The zero-order chi connectivity index (χ0) is 38.4. The number of sulfone groups is 1. The molecule has 1 aliphatic heterocycles. The van der Waals surface area contributed by atoms with Gasteiger partial charge in [-0.1, -0.05) is 58.9 Å². The molecule has 0 aromatic carbocycles. The SMILES string of the molecule is C=C(C)C1CCC2(NCCN3CCS(=O)(=O)CC3)CCC3(C)C(CCC4C5(C)CC=C(C6=CCC(NC(C)=O)(C(=O)O)CC6)C(C)(C)C5CCC43C)C12. The molecular weight excluding hydrogens is 683 g/mol. The second kappa shape index (κ2) is 13.3. The highest BCUT2D eigenvalue weighted by atomic mass is 32.2. The van der Waals surface area contributed by atoms with E-state index >= 15 is 0 Å². The lowest BCUT2D eigenvalue weighted by Crippen LogP contribution is -2.68. The summed E-state index contributed by atoms with van der Waals surface area (Å²) in [6.45, 7) is 24.4. The third-order valence-electron chi connectivity index (χ3n) is 17.7. The average Bonchev–Trinajstić information content (AvgIpc) is 3.46. The minimum Gasteiger partial charge on any atom is -0.479 e. The number of carbonyl (C=O) groups is 2. The molecule has 9 heteroatoms. The van der Waals surface area contributed by atoms with Crippen LogP contribution in [0.4, 0.5) is 0 Å². The van der Waals surface area contributed by atoms with Gasteiger partial charge in [0.1, 0.15) is 5.54 Å². The molecule has 1 amide bonds. The Balaban J connectivity index is 1.13. The van der Waals surface area contributed by atoms with E-state index in [0.717, 1.165) is 19.5 Å². The lowest BCUT2D eigenvalue weighted by atomic mass is 9.33. The van der Waals surface area contributed by atoms with Crippen LogP contribution in [0.3, 0.4) is 0 Å². The summed E-state index contributed by atoms with van der Waals surface area (Å²) in [7, 11) is -2.87. The van der Waals surface area contributed by atoms with E-state index in [0.29, 0.717) is 61.9 Å². The molecule has 5 fully saturated rings. The van der Waals surface area contributed by atoms with Gasteiger partial charge in [-0.05, 0) is 146 Å². The van der Waals surface area contributed by atoms with Crippen LogP contribution in [0.15, 0.2) is 35.5 Å². The van der Waals surface area contributed by atoms with E-state index in [1.54, 1.807) is 0 Å². The van der Waals surface area contributed by atoms with Gasteiger partial charge in [0.15, 0.2) is 9.84 Å². The number of carboxylic acid groups (broad SMARTS) is 1. The summed E-state index contributed by atoms with van der Waals surface area (Å²) >= 11 is 0. The fraction of sp³-hybridized carbons (Fsp3) is 0.818. The lowest BCUT2D eigenvalue weighted by molar-refractivity contribution is -0.221. The van der Waals surface area contributed by atoms with Crippen molar-refractivity contribution in [3.05, 3.63) is 35.5 Å². The highest BCUT2D eigenvalue weighted by Gasteiger charge is 2.70. The van der Waals surface area contributed by atoms with E-state index in [1.165, 1.54) is 75.0 Å². The number of nitrogens with one attached hydrogen (secondary N) is 2. The molecule has 7 aliphatic rings. The monoisotopic (exact) mass is 751 g/mol. The van der Waals surface area contributed by atoms with Crippen LogP contribution in [0.2, 0.25) is 0 Å². The Labute approximate surface area is 320 Å². The van der Waals surface area contributed by atoms with E-state index in [2.05, 4.69) is 75.8 Å². The topological polar surface area (TPSA) is 116 Å². The van der Waals surface area contributed by atoms with Crippen molar-refractivity contribution < 1.29 is 23.1 Å². The van der Waals surface area contributed by atoms with Crippen LogP contribution in [0.5, 0.6) is 0 Å². The molecule has 53 heavy (non-hydrogen) atoms. The first-order valence-corrected chi connectivity index (χ1v) is 22.8. The Morgan fingerprint density at radius 1 is 0.887 bits per heavy atom. The Bertz CT molecular complexity index is 1690. The normalized spacial score (nSPS) is 44.6. The molecule has 3 N–H and O–H groups in total. The highest BCUT2D eigenvalue weighted by molar-refractivity contribution is 7.91. The van der Waals surface area contributed by atoms with Gasteiger partial charge >= 0.3 is 5.97 Å². The highest BCUT2D eigenvalue weighted by Crippen LogP contribution is 2.76. The molecule has 10 atom stereocenters. The minimum absolute atomic E-state index is 0.0180. The minimum atomic E-state index is -2.87. The van der Waals surface area contributed by atoms with Gasteiger partial charge < -0.3 is 20.6 Å². The van der Waals surface area contributed by atoms with Gasteiger partial charge in [-0.15, -0.1) is 0 Å². The van der Waals surface area contributed by atoms with Gasteiger partial charge in [0, 0.05) is 38.6 Å². The van der Waals surface area contributed by atoms with Crippen molar-refractivity contribution in [1.82, 2.24) is 15.5 Å². The van der Waals surface area contributed by atoms with Crippen LogP contribution < -0.4 is 10.6 Å². The number of nitrogens with zero attached hydrogens (tertiary/aromatic N) is 1. The van der Waals surface area contributed by atoms with E-state index in [9.17, 15) is 23.1 Å². The number of rotatable bonds is 8. The summed E-state index contributed by atoms with van der Waals surface area (Å²) in [5.74, 6) is 2.34. The molecule has 0 aromatic heterocycles. The summed E-state index contributed by atoms with van der Waals surface area (Å²) in [5.41, 5.74) is 3.67. The van der Waals surface area contributed by atoms with Gasteiger partial charge in [0.05, 0.1) is 11.5 Å². The molecule has 4 saturated carbocycles. The fourth-order valence-corrected chi connectivity index (χ4v) is 16.1. The average molecular weight is 752 g/mol. The maximum atomic E-state index is 12.3. The Kier molecular flexibility index (Phi) is 9.87. The summed E-state index contributed by atoms with van der Waals surface area (Å²) in [5, 5.41) is 17.1. The zero-order valence-electron chi connectivity index (χ0n) is 33.9. The number of carboxylic acids is 1. The largest absolute Gasteiger partial charge is 0.479 e. The lowest BCUT2D eigenvalue weighted by Gasteiger charge is -2.72. The van der Waals surface area contributed by atoms with Gasteiger partial charge in [0.25, 0.3) is 0 Å². The zero-order valence-corrected chi connectivity index (χ0v) is 34.7. The Morgan fingerprint density at radius 2 is 1.60 bits per heavy atom. The third kappa shape index (κ3) is 6.15. The van der Waals surface area contributed by atoms with Gasteiger partial charge in [-0.2, -0.15) is 0 Å². The Morgan fingerprint density at radius 3 is 2.23 bits per heavy atom. The van der Waals surface area contributed by atoms with Crippen LogP contribution >= 0.6 is 0 Å². The molecule has 10 unspecified atom stereocenters. The van der Waals surface area contributed by atoms with Crippen LogP contribution in [-0.2, 0) is 19.4 Å². The van der Waals surface area contributed by atoms with Gasteiger partial charge in [0.2, 0.25) is 5.91 Å². The molecule has 0 aromatic rings. The number of allylic oxidation sites excluding steroid dienone is 4. The van der Waals surface area contributed by atoms with Crippen molar-refractivity contribution in [2.45, 2.75) is 137 Å². The molecule has 296 valence electrons. The first-order chi connectivity index (χ1) is 24.7. The fourth-order valence-electron chi connectivity index (χ4n) is 14.8. The molecule has 7 rings (SSSR count). The quantitative estimate of drug-likeness (QED) is 0.223. The third-order valence-corrected chi connectivity index (χ3v) is 19.3.